The third-order valence-corrected chi connectivity index (χ3v) is 9.95. The van der Waals surface area contributed by atoms with Gasteiger partial charge in [-0.05, 0) is 128 Å². The molecule has 5 aromatic rings. The quantitative estimate of drug-likeness (QED) is 0.0277. The molecule has 5 aromatic carbocycles. The molecular weight excluding hydrogens is 897 g/mol. The van der Waals surface area contributed by atoms with E-state index in [2.05, 4.69) is 40.2 Å². The van der Waals surface area contributed by atoms with E-state index in [0.717, 1.165) is 23.3 Å². The minimum Gasteiger partial charge on any atom is -0.493 e. The predicted molar refractivity (Wildman–Crippen MR) is 262 cm³/mol. The summed E-state index contributed by atoms with van der Waals surface area (Å²) in [6.07, 6.45) is 3.21. The summed E-state index contributed by atoms with van der Waals surface area (Å²) < 4.78 is 42.4. The number of hydrogen-bond acceptors (Lipinski definition) is 14. The largest absolute Gasteiger partial charge is 0.493 e. The second-order valence-corrected chi connectivity index (χ2v) is 15.9. The fourth-order valence-corrected chi connectivity index (χ4v) is 5.89. The van der Waals surface area contributed by atoms with Crippen LogP contribution in [0.25, 0.3) is 0 Å². The van der Waals surface area contributed by atoms with E-state index < -0.39 is 35.8 Å². The van der Waals surface area contributed by atoms with Crippen LogP contribution in [0.1, 0.15) is 77.9 Å². The first-order chi connectivity index (χ1) is 33.4. The lowest BCUT2D eigenvalue weighted by Gasteiger charge is -2.26. The molecule has 0 atom stereocenters. The van der Waals surface area contributed by atoms with Crippen molar-refractivity contribution in [1.29, 1.82) is 0 Å². The Balaban J connectivity index is 0.000000338. The molecule has 0 aliphatic rings. The third-order valence-electron chi connectivity index (χ3n) is 9.95. The highest BCUT2D eigenvalue weighted by Gasteiger charge is 2.24. The van der Waals surface area contributed by atoms with Crippen LogP contribution in [0.4, 0.5) is 0 Å². The molecule has 14 nitrogen and oxygen atoms in total. The predicted octanol–water partition coefficient (Wildman–Crippen LogP) is 10.4. The molecular formula is C56H56O14. The van der Waals surface area contributed by atoms with Gasteiger partial charge in [0.25, 0.3) is 0 Å². The van der Waals surface area contributed by atoms with Crippen LogP contribution in [-0.2, 0) is 34.1 Å². The Hall–Kier alpha value is -8.52. The standard InChI is InChI=1S/C33H32O10.C23H24O4/c1-4-30(34)40-20-6-18-38-26-12-8-24(9-13-26)32(36)42-28-16-17-29(23(3)22-28)43-33(37)25-10-14-27(15-11-25)39-19-7-21-41-31(35)5-2;1-15(2)21(24)26-19-11-7-17(8-12-19)23(5,6)18-9-13-20(14-10-18)27-22(25)16(3)4/h4-5,8-17,22H,1-2,6-7,18-21H2,3H3;7-14H,1,3H2,2,4-6H3. The summed E-state index contributed by atoms with van der Waals surface area (Å²) in [5.41, 5.74) is 3.79. The number of benzene rings is 5. The van der Waals surface area contributed by atoms with Crippen LogP contribution in [0.2, 0.25) is 0 Å². The topological polar surface area (TPSA) is 176 Å². The number of carbonyl (C=O) groups excluding carboxylic acids is 6. The SMILES string of the molecule is C=C(C)C(=O)Oc1ccc(C(C)(C)c2ccc(OC(=O)C(=C)C)cc2)cc1.C=CC(=O)OCCCOc1ccc(C(=O)Oc2ccc(OC(=O)c3ccc(OCCCOC(=O)C=C)cc3)c(C)c2)cc1. The molecule has 0 fully saturated rings. The van der Waals surface area contributed by atoms with Gasteiger partial charge in [0.15, 0.2) is 0 Å². The van der Waals surface area contributed by atoms with Gasteiger partial charge in [0, 0.05) is 41.6 Å². The molecule has 0 aliphatic heterocycles. The van der Waals surface area contributed by atoms with Crippen molar-refractivity contribution in [2.24, 2.45) is 0 Å². The van der Waals surface area contributed by atoms with Gasteiger partial charge >= 0.3 is 35.8 Å². The van der Waals surface area contributed by atoms with Crippen molar-refractivity contribution in [2.75, 3.05) is 26.4 Å². The van der Waals surface area contributed by atoms with Gasteiger partial charge in [0.05, 0.1) is 37.6 Å². The van der Waals surface area contributed by atoms with E-state index in [1.807, 2.05) is 24.3 Å². The first-order valence-corrected chi connectivity index (χ1v) is 22.0. The number of carbonyl (C=O) groups is 6. The van der Waals surface area contributed by atoms with E-state index in [-0.39, 0.29) is 24.4 Å². The number of rotatable bonds is 22. The zero-order chi connectivity index (χ0) is 51.2. The summed E-state index contributed by atoms with van der Waals surface area (Å²) in [6.45, 7) is 24.0. The zero-order valence-electron chi connectivity index (χ0n) is 39.9. The number of ether oxygens (including phenoxy) is 8. The van der Waals surface area contributed by atoms with E-state index in [9.17, 15) is 28.8 Å². The molecule has 0 spiro atoms. The molecule has 0 saturated heterocycles. The number of hydrogen-bond donors (Lipinski definition) is 0. The minimum atomic E-state index is -0.563. The second-order valence-electron chi connectivity index (χ2n) is 15.9. The third kappa shape index (κ3) is 17.3. The van der Waals surface area contributed by atoms with Crippen molar-refractivity contribution >= 4 is 35.8 Å². The molecule has 70 heavy (non-hydrogen) atoms. The summed E-state index contributed by atoms with van der Waals surface area (Å²) in [4.78, 5) is 70.5. The van der Waals surface area contributed by atoms with Crippen molar-refractivity contribution < 1.29 is 66.7 Å². The van der Waals surface area contributed by atoms with Crippen LogP contribution in [0.15, 0.2) is 165 Å². The lowest BCUT2D eigenvalue weighted by atomic mass is 9.78. The maximum atomic E-state index is 12.6. The van der Waals surface area contributed by atoms with E-state index in [4.69, 9.17) is 37.9 Å². The van der Waals surface area contributed by atoms with Crippen LogP contribution in [-0.4, -0.2) is 62.2 Å². The summed E-state index contributed by atoms with van der Waals surface area (Å²) in [7, 11) is 0. The lowest BCUT2D eigenvalue weighted by Crippen LogP contribution is -2.19. The first kappa shape index (κ1) is 54.1. The monoisotopic (exact) mass is 952 g/mol. The average molecular weight is 953 g/mol. The van der Waals surface area contributed by atoms with Gasteiger partial charge in [-0.15, -0.1) is 0 Å². The highest BCUT2D eigenvalue weighted by Crippen LogP contribution is 2.34. The van der Waals surface area contributed by atoms with Crippen molar-refractivity contribution in [1.82, 2.24) is 0 Å². The first-order valence-electron chi connectivity index (χ1n) is 22.0. The van der Waals surface area contributed by atoms with Crippen molar-refractivity contribution in [3.8, 4) is 34.5 Å². The molecule has 0 aliphatic carbocycles. The van der Waals surface area contributed by atoms with Crippen LogP contribution in [0.5, 0.6) is 34.5 Å². The molecule has 0 unspecified atom stereocenters. The van der Waals surface area contributed by atoms with Crippen molar-refractivity contribution in [2.45, 2.75) is 52.9 Å². The normalized spacial score (nSPS) is 10.4. The van der Waals surface area contributed by atoms with E-state index in [1.165, 1.54) is 6.07 Å². The van der Waals surface area contributed by atoms with Crippen LogP contribution >= 0.6 is 0 Å². The van der Waals surface area contributed by atoms with Gasteiger partial charge < -0.3 is 37.9 Å². The Morgan fingerprint density at radius 2 is 0.857 bits per heavy atom. The van der Waals surface area contributed by atoms with Gasteiger partial charge in [-0.25, -0.2) is 28.8 Å². The molecule has 0 aromatic heterocycles. The number of esters is 6. The Bertz CT molecular complexity index is 2590. The summed E-state index contributed by atoms with van der Waals surface area (Å²) in [5.74, 6) is -0.304. The summed E-state index contributed by atoms with van der Waals surface area (Å²) >= 11 is 0. The lowest BCUT2D eigenvalue weighted by molar-refractivity contribution is -0.138. The van der Waals surface area contributed by atoms with E-state index in [1.54, 1.807) is 106 Å². The van der Waals surface area contributed by atoms with Crippen LogP contribution < -0.4 is 28.4 Å². The van der Waals surface area contributed by atoms with Gasteiger partial charge in [-0.3, -0.25) is 0 Å². The van der Waals surface area contributed by atoms with E-state index >= 15 is 0 Å². The molecule has 0 bridgehead atoms. The Morgan fingerprint density at radius 1 is 0.486 bits per heavy atom. The molecule has 14 heteroatoms. The van der Waals surface area contributed by atoms with E-state index in [0.29, 0.717) is 82.6 Å². The van der Waals surface area contributed by atoms with Gasteiger partial charge in [0.1, 0.15) is 34.5 Å². The molecule has 0 N–H and O–H groups in total. The molecule has 0 heterocycles. The molecule has 5 rings (SSSR count). The second kappa shape index (κ2) is 26.7. The van der Waals surface area contributed by atoms with Gasteiger partial charge in [0.2, 0.25) is 0 Å². The van der Waals surface area contributed by atoms with Crippen molar-refractivity contribution in [3.63, 3.8) is 0 Å². The maximum absolute atomic E-state index is 12.6. The highest BCUT2D eigenvalue weighted by molar-refractivity contribution is 5.92. The van der Waals surface area contributed by atoms with Crippen molar-refractivity contribution in [3.05, 3.63) is 193 Å². The van der Waals surface area contributed by atoms with Gasteiger partial charge in [-0.1, -0.05) is 64.4 Å². The fraction of sp³-hybridized carbons (Fsp3) is 0.214. The van der Waals surface area contributed by atoms with Crippen LogP contribution in [0.3, 0.4) is 0 Å². The smallest absolute Gasteiger partial charge is 0.343 e. The zero-order valence-corrected chi connectivity index (χ0v) is 39.9. The molecule has 0 radical (unpaired) electrons. The highest BCUT2D eigenvalue weighted by atomic mass is 16.6. The fourth-order valence-electron chi connectivity index (χ4n) is 5.89. The molecule has 0 amide bonds. The van der Waals surface area contributed by atoms with Crippen LogP contribution in [0, 0.1) is 6.92 Å². The Labute approximate surface area is 407 Å². The summed E-state index contributed by atoms with van der Waals surface area (Å²) in [6, 6.07) is 32.3. The Kier molecular flexibility index (Phi) is 20.6. The maximum Gasteiger partial charge on any atom is 0.343 e. The van der Waals surface area contributed by atoms with Gasteiger partial charge in [-0.2, -0.15) is 0 Å². The molecule has 0 saturated carbocycles. The molecule has 364 valence electrons. The number of aryl methyl sites for hydroxylation is 1. The minimum absolute atomic E-state index is 0.218. The summed E-state index contributed by atoms with van der Waals surface area (Å²) in [5, 5.41) is 0. The Morgan fingerprint density at radius 3 is 1.23 bits per heavy atom. The average Bonchev–Trinajstić information content (AvgIpc) is 3.35.